The quantitative estimate of drug-likeness (QED) is 0.546. The molecule has 1 heterocycles. The van der Waals surface area contributed by atoms with E-state index >= 15 is 0 Å². The van der Waals surface area contributed by atoms with Crippen molar-refractivity contribution >= 4 is 6.08 Å². The minimum absolute atomic E-state index is 0.302. The van der Waals surface area contributed by atoms with Gasteiger partial charge in [-0.05, 0) is 37.0 Å². The highest BCUT2D eigenvalue weighted by molar-refractivity contribution is 5.40. The van der Waals surface area contributed by atoms with Gasteiger partial charge < -0.3 is 4.74 Å². The second-order valence-electron chi connectivity index (χ2n) is 3.82. The SMILES string of the molecule is CC1CCc2cc(CN=C=O)ccc2O1. The Morgan fingerprint density at radius 2 is 2.47 bits per heavy atom. The van der Waals surface area contributed by atoms with Gasteiger partial charge in [0.1, 0.15) is 5.75 Å². The first-order chi connectivity index (χ1) is 7.29. The molecular formula is C12H13NO2. The Labute approximate surface area is 88.8 Å². The van der Waals surface area contributed by atoms with Gasteiger partial charge in [-0.3, -0.25) is 0 Å². The number of carbonyl (C=O) groups excluding carboxylic acids is 1. The second-order valence-corrected chi connectivity index (χ2v) is 3.82. The largest absolute Gasteiger partial charge is 0.490 e. The van der Waals surface area contributed by atoms with Crippen LogP contribution in [-0.2, 0) is 17.8 Å². The lowest BCUT2D eigenvalue weighted by atomic mass is 10.0. The Balaban J connectivity index is 2.22. The number of fused-ring (bicyclic) bond motifs is 1. The summed E-state index contributed by atoms with van der Waals surface area (Å²) < 4.78 is 5.68. The molecule has 1 aromatic rings. The lowest BCUT2D eigenvalue weighted by molar-refractivity contribution is 0.192. The molecule has 1 aromatic carbocycles. The lowest BCUT2D eigenvalue weighted by Crippen LogP contribution is -2.18. The van der Waals surface area contributed by atoms with Crippen LogP contribution < -0.4 is 4.74 Å². The Morgan fingerprint density at radius 3 is 3.27 bits per heavy atom. The fraction of sp³-hybridized carbons (Fsp3) is 0.417. The fourth-order valence-electron chi connectivity index (χ4n) is 1.80. The zero-order valence-corrected chi connectivity index (χ0v) is 8.69. The molecule has 1 atom stereocenters. The number of hydrogen-bond donors (Lipinski definition) is 0. The molecular weight excluding hydrogens is 190 g/mol. The van der Waals surface area contributed by atoms with Gasteiger partial charge in [-0.2, -0.15) is 0 Å². The van der Waals surface area contributed by atoms with Crippen molar-refractivity contribution in [2.45, 2.75) is 32.4 Å². The molecule has 0 bridgehead atoms. The zero-order valence-electron chi connectivity index (χ0n) is 8.69. The van der Waals surface area contributed by atoms with E-state index in [1.54, 1.807) is 6.08 Å². The third-order valence-electron chi connectivity index (χ3n) is 2.60. The molecule has 0 aromatic heterocycles. The number of hydrogen-bond acceptors (Lipinski definition) is 3. The van der Waals surface area contributed by atoms with Gasteiger partial charge in [-0.1, -0.05) is 12.1 Å². The van der Waals surface area contributed by atoms with Gasteiger partial charge in [0, 0.05) is 0 Å². The summed E-state index contributed by atoms with van der Waals surface area (Å²) in [6.07, 6.45) is 3.94. The van der Waals surface area contributed by atoms with Gasteiger partial charge in [-0.25, -0.2) is 9.79 Å². The summed E-state index contributed by atoms with van der Waals surface area (Å²) in [6, 6.07) is 5.96. The average molecular weight is 203 g/mol. The number of ether oxygens (including phenoxy) is 1. The maximum absolute atomic E-state index is 9.99. The third-order valence-corrected chi connectivity index (χ3v) is 2.60. The highest BCUT2D eigenvalue weighted by atomic mass is 16.5. The molecule has 0 fully saturated rings. The monoisotopic (exact) mass is 203 g/mol. The molecule has 78 valence electrons. The Hall–Kier alpha value is -1.60. The Morgan fingerprint density at radius 1 is 1.60 bits per heavy atom. The summed E-state index contributed by atoms with van der Waals surface area (Å²) in [5.41, 5.74) is 2.25. The fourth-order valence-corrected chi connectivity index (χ4v) is 1.80. The molecule has 0 saturated carbocycles. The summed E-state index contributed by atoms with van der Waals surface area (Å²) in [7, 11) is 0. The predicted molar refractivity (Wildman–Crippen MR) is 56.7 cm³/mol. The molecule has 0 amide bonds. The topological polar surface area (TPSA) is 38.7 Å². The van der Waals surface area contributed by atoms with Crippen LogP contribution in [0.2, 0.25) is 0 Å². The van der Waals surface area contributed by atoms with Gasteiger partial charge in [0.05, 0.1) is 12.6 Å². The normalized spacial score (nSPS) is 18.6. The van der Waals surface area contributed by atoms with Crippen LogP contribution in [0, 0.1) is 0 Å². The number of benzene rings is 1. The van der Waals surface area contributed by atoms with Crippen LogP contribution in [0.25, 0.3) is 0 Å². The second kappa shape index (κ2) is 4.28. The van der Waals surface area contributed by atoms with Crippen molar-refractivity contribution < 1.29 is 9.53 Å². The van der Waals surface area contributed by atoms with Crippen LogP contribution in [0.5, 0.6) is 5.75 Å². The van der Waals surface area contributed by atoms with Crippen LogP contribution in [0.3, 0.4) is 0 Å². The van der Waals surface area contributed by atoms with Crippen molar-refractivity contribution in [3.63, 3.8) is 0 Å². The van der Waals surface area contributed by atoms with Crippen molar-refractivity contribution in [3.8, 4) is 5.75 Å². The van der Waals surface area contributed by atoms with Crippen molar-refractivity contribution in [1.29, 1.82) is 0 Å². The number of rotatable bonds is 2. The van der Waals surface area contributed by atoms with Crippen molar-refractivity contribution in [1.82, 2.24) is 0 Å². The number of aliphatic imine (C=N–C) groups is 1. The van der Waals surface area contributed by atoms with Gasteiger partial charge in [0.15, 0.2) is 0 Å². The summed E-state index contributed by atoms with van der Waals surface area (Å²) in [5, 5.41) is 0. The summed E-state index contributed by atoms with van der Waals surface area (Å²) in [5.74, 6) is 0.965. The molecule has 15 heavy (non-hydrogen) atoms. The highest BCUT2D eigenvalue weighted by Gasteiger charge is 2.15. The number of nitrogens with zero attached hydrogens (tertiary/aromatic N) is 1. The van der Waals surface area contributed by atoms with Crippen LogP contribution in [0.4, 0.5) is 0 Å². The molecule has 1 unspecified atom stereocenters. The average Bonchev–Trinajstić information content (AvgIpc) is 2.26. The third kappa shape index (κ3) is 2.25. The molecule has 0 saturated heterocycles. The first-order valence-corrected chi connectivity index (χ1v) is 5.11. The van der Waals surface area contributed by atoms with E-state index in [9.17, 15) is 4.79 Å². The summed E-state index contributed by atoms with van der Waals surface area (Å²) >= 11 is 0. The predicted octanol–water partition coefficient (Wildman–Crippen LogP) is 2.24. The molecule has 0 radical (unpaired) electrons. The minimum atomic E-state index is 0.302. The maximum Gasteiger partial charge on any atom is 0.235 e. The van der Waals surface area contributed by atoms with Crippen LogP contribution >= 0.6 is 0 Å². The van der Waals surface area contributed by atoms with Crippen molar-refractivity contribution in [2.75, 3.05) is 0 Å². The molecule has 3 heteroatoms. The number of aryl methyl sites for hydroxylation is 1. The van der Waals surface area contributed by atoms with E-state index in [-0.39, 0.29) is 0 Å². The van der Waals surface area contributed by atoms with E-state index in [1.165, 1.54) is 5.56 Å². The Bertz CT molecular complexity index is 408. The smallest absolute Gasteiger partial charge is 0.235 e. The molecule has 0 spiro atoms. The van der Waals surface area contributed by atoms with Crippen LogP contribution in [0.15, 0.2) is 23.2 Å². The summed E-state index contributed by atoms with van der Waals surface area (Å²) in [6.45, 7) is 2.49. The maximum atomic E-state index is 9.99. The Kier molecular flexibility index (Phi) is 2.84. The molecule has 3 nitrogen and oxygen atoms in total. The molecule has 0 aliphatic carbocycles. The van der Waals surface area contributed by atoms with Gasteiger partial charge >= 0.3 is 0 Å². The van der Waals surface area contributed by atoms with E-state index in [1.807, 2.05) is 12.1 Å². The zero-order chi connectivity index (χ0) is 10.7. The number of isocyanates is 1. The first-order valence-electron chi connectivity index (χ1n) is 5.11. The summed E-state index contributed by atoms with van der Waals surface area (Å²) in [4.78, 5) is 13.6. The minimum Gasteiger partial charge on any atom is -0.490 e. The molecule has 1 aliphatic heterocycles. The van der Waals surface area contributed by atoms with Gasteiger partial charge in [-0.15, -0.1) is 0 Å². The van der Waals surface area contributed by atoms with E-state index in [2.05, 4.69) is 18.0 Å². The lowest BCUT2D eigenvalue weighted by Gasteiger charge is -2.23. The van der Waals surface area contributed by atoms with Gasteiger partial charge in [0.25, 0.3) is 0 Å². The van der Waals surface area contributed by atoms with E-state index in [0.29, 0.717) is 12.6 Å². The van der Waals surface area contributed by atoms with Gasteiger partial charge in [0.2, 0.25) is 6.08 Å². The molecule has 1 aliphatic rings. The van der Waals surface area contributed by atoms with Crippen LogP contribution in [0.1, 0.15) is 24.5 Å². The van der Waals surface area contributed by atoms with Crippen LogP contribution in [-0.4, -0.2) is 12.2 Å². The standard InChI is InChI=1S/C12H13NO2/c1-9-2-4-11-6-10(7-13-8-14)3-5-12(11)15-9/h3,5-6,9H,2,4,7H2,1H3. The van der Waals surface area contributed by atoms with E-state index in [4.69, 9.17) is 4.74 Å². The van der Waals surface area contributed by atoms with Crippen molar-refractivity contribution in [2.24, 2.45) is 4.99 Å². The van der Waals surface area contributed by atoms with Crippen molar-refractivity contribution in [3.05, 3.63) is 29.3 Å². The molecule has 0 N–H and O–H groups in total. The molecule has 2 rings (SSSR count). The first kappa shape index (κ1) is 9.94. The van der Waals surface area contributed by atoms with E-state index in [0.717, 1.165) is 24.2 Å². The highest BCUT2D eigenvalue weighted by Crippen LogP contribution is 2.28. The van der Waals surface area contributed by atoms with E-state index < -0.39 is 0 Å².